The van der Waals surface area contributed by atoms with Gasteiger partial charge in [-0.1, -0.05) is 29.8 Å². The number of likely N-dealkylation sites (tertiary alicyclic amines) is 1. The summed E-state index contributed by atoms with van der Waals surface area (Å²) in [5.41, 5.74) is -0.474. The van der Waals surface area contributed by atoms with Crippen LogP contribution >= 0.6 is 22.9 Å². The Balaban J connectivity index is 1.81. The van der Waals surface area contributed by atoms with Gasteiger partial charge in [-0.05, 0) is 43.4 Å². The number of fused-ring (bicyclic) bond motifs is 1. The summed E-state index contributed by atoms with van der Waals surface area (Å²) in [6.45, 7) is 1.48. The van der Waals surface area contributed by atoms with E-state index >= 15 is 0 Å². The first-order valence-electron chi connectivity index (χ1n) is 11.5. The van der Waals surface area contributed by atoms with Gasteiger partial charge in [0, 0.05) is 31.2 Å². The summed E-state index contributed by atoms with van der Waals surface area (Å²) in [5.74, 6) is -0.363. The highest BCUT2D eigenvalue weighted by Crippen LogP contribution is 2.31. The first kappa shape index (κ1) is 26.4. The summed E-state index contributed by atoms with van der Waals surface area (Å²) in [6.07, 6.45) is -5.19. The van der Waals surface area contributed by atoms with Crippen LogP contribution in [0, 0.1) is 6.92 Å². The van der Waals surface area contributed by atoms with Crippen molar-refractivity contribution >= 4 is 39.1 Å². The van der Waals surface area contributed by atoms with Crippen molar-refractivity contribution in [2.45, 2.75) is 58.0 Å². The average Bonchev–Trinajstić information content (AvgIpc) is 3.16. The Morgan fingerprint density at radius 2 is 1.81 bits per heavy atom. The molecule has 1 fully saturated rings. The Kier molecular flexibility index (Phi) is 7.63. The molecule has 1 saturated heterocycles. The van der Waals surface area contributed by atoms with Gasteiger partial charge in [0.25, 0.3) is 11.5 Å². The van der Waals surface area contributed by atoms with Gasteiger partial charge in [0.15, 0.2) is 0 Å². The molecule has 1 aliphatic heterocycles. The van der Waals surface area contributed by atoms with E-state index in [1.165, 1.54) is 0 Å². The number of aliphatic hydroxyl groups excluding tert-OH is 1. The van der Waals surface area contributed by atoms with E-state index in [0.29, 0.717) is 42.1 Å². The van der Waals surface area contributed by atoms with Crippen LogP contribution in [0.3, 0.4) is 0 Å². The number of amides is 1. The number of aliphatic hydroxyl groups is 1. The van der Waals surface area contributed by atoms with Gasteiger partial charge in [-0.2, -0.15) is 13.2 Å². The van der Waals surface area contributed by atoms with E-state index in [9.17, 15) is 32.7 Å². The zero-order valence-corrected chi connectivity index (χ0v) is 21.0. The fraction of sp³-hybridized carbons (Fsp3) is 0.458. The minimum Gasteiger partial charge on any atom is -0.393 e. The molecule has 4 rings (SSSR count). The highest BCUT2D eigenvalue weighted by Gasteiger charge is 2.31. The molecule has 1 aliphatic rings. The van der Waals surface area contributed by atoms with Gasteiger partial charge in [0.05, 0.1) is 22.8 Å². The summed E-state index contributed by atoms with van der Waals surface area (Å²) in [5, 5.41) is 10.3. The van der Waals surface area contributed by atoms with E-state index in [0.717, 1.165) is 20.5 Å². The Bertz CT molecular complexity index is 1400. The molecule has 0 unspecified atom stereocenters. The van der Waals surface area contributed by atoms with Crippen molar-refractivity contribution in [3.63, 3.8) is 0 Å². The van der Waals surface area contributed by atoms with Gasteiger partial charge in [-0.25, -0.2) is 4.79 Å². The van der Waals surface area contributed by atoms with Crippen LogP contribution in [-0.4, -0.2) is 50.4 Å². The van der Waals surface area contributed by atoms with Crippen LogP contribution in [0.15, 0.2) is 33.9 Å². The molecule has 0 bridgehead atoms. The predicted octanol–water partition coefficient (Wildman–Crippen LogP) is 3.98. The van der Waals surface area contributed by atoms with E-state index in [4.69, 9.17) is 11.6 Å². The molecule has 2 aromatic heterocycles. The quantitative estimate of drug-likeness (QED) is 0.510. The smallest absolute Gasteiger partial charge is 0.390 e. The minimum atomic E-state index is -4.51. The van der Waals surface area contributed by atoms with Gasteiger partial charge in [0.1, 0.15) is 4.83 Å². The Hall–Kier alpha value is -2.63. The SMILES string of the molecule is Cc1c(C(=O)N2CCC(O)CC2)sc2c1c(=O)n(CCc1ccccc1Cl)c(=O)n2CCC(F)(F)F. The third-order valence-corrected chi connectivity index (χ3v) is 8.09. The number of halogens is 4. The van der Waals surface area contributed by atoms with Crippen LogP contribution in [0.2, 0.25) is 5.02 Å². The van der Waals surface area contributed by atoms with E-state index in [2.05, 4.69) is 0 Å². The lowest BCUT2D eigenvalue weighted by atomic mass is 10.1. The zero-order valence-electron chi connectivity index (χ0n) is 19.5. The van der Waals surface area contributed by atoms with Crippen LogP contribution in [0.5, 0.6) is 0 Å². The van der Waals surface area contributed by atoms with Crippen molar-refractivity contribution in [1.29, 1.82) is 0 Å². The number of piperidine rings is 1. The van der Waals surface area contributed by atoms with Gasteiger partial charge >= 0.3 is 11.9 Å². The minimum absolute atomic E-state index is 0.0566. The molecule has 194 valence electrons. The maximum absolute atomic E-state index is 13.4. The van der Waals surface area contributed by atoms with Crippen LogP contribution in [0.1, 0.15) is 40.1 Å². The van der Waals surface area contributed by atoms with E-state index in [1.807, 2.05) is 0 Å². The summed E-state index contributed by atoms with van der Waals surface area (Å²) >= 11 is 7.06. The number of aryl methyl sites for hydroxylation is 3. The van der Waals surface area contributed by atoms with E-state index in [1.54, 1.807) is 36.1 Å². The van der Waals surface area contributed by atoms with Crippen molar-refractivity contribution in [2.24, 2.45) is 0 Å². The molecular formula is C24H25ClF3N3O4S. The summed E-state index contributed by atoms with van der Waals surface area (Å²) < 4.78 is 41.1. The fourth-order valence-corrected chi connectivity index (χ4v) is 5.89. The number of carbonyl (C=O) groups excluding carboxylic acids is 1. The number of benzene rings is 1. The van der Waals surface area contributed by atoms with E-state index in [-0.39, 0.29) is 34.0 Å². The molecular weight excluding hydrogens is 519 g/mol. The Morgan fingerprint density at radius 3 is 2.44 bits per heavy atom. The second kappa shape index (κ2) is 10.4. The van der Waals surface area contributed by atoms with Gasteiger partial charge < -0.3 is 10.0 Å². The normalized spacial score (nSPS) is 15.1. The predicted molar refractivity (Wildman–Crippen MR) is 132 cm³/mol. The molecule has 36 heavy (non-hydrogen) atoms. The number of rotatable bonds is 6. The van der Waals surface area contributed by atoms with Crippen LogP contribution in [-0.2, 0) is 19.5 Å². The molecule has 1 N–H and O–H groups in total. The maximum Gasteiger partial charge on any atom is 0.390 e. The summed E-state index contributed by atoms with van der Waals surface area (Å²) in [6, 6.07) is 6.92. The highest BCUT2D eigenvalue weighted by molar-refractivity contribution is 7.20. The van der Waals surface area contributed by atoms with Crippen molar-refractivity contribution in [3.05, 3.63) is 66.1 Å². The number of aromatic nitrogens is 2. The molecule has 0 aliphatic carbocycles. The van der Waals surface area contributed by atoms with Crippen molar-refractivity contribution in [2.75, 3.05) is 13.1 Å². The average molecular weight is 544 g/mol. The molecule has 0 radical (unpaired) electrons. The van der Waals surface area contributed by atoms with Crippen LogP contribution < -0.4 is 11.2 Å². The fourth-order valence-electron chi connectivity index (χ4n) is 4.38. The number of thiophene rings is 1. The van der Waals surface area contributed by atoms with Crippen LogP contribution in [0.25, 0.3) is 10.2 Å². The molecule has 1 aromatic carbocycles. The lowest BCUT2D eigenvalue weighted by Crippen LogP contribution is -2.41. The number of alkyl halides is 3. The van der Waals surface area contributed by atoms with Crippen molar-refractivity contribution < 1.29 is 23.1 Å². The number of carbonyl (C=O) groups is 1. The number of hydrogen-bond acceptors (Lipinski definition) is 5. The third kappa shape index (κ3) is 5.37. The maximum atomic E-state index is 13.4. The van der Waals surface area contributed by atoms with Gasteiger partial charge in [0.2, 0.25) is 0 Å². The number of hydrogen-bond donors (Lipinski definition) is 1. The highest BCUT2D eigenvalue weighted by atomic mass is 35.5. The zero-order chi connectivity index (χ0) is 26.2. The third-order valence-electron chi connectivity index (χ3n) is 6.42. The molecule has 12 heteroatoms. The first-order chi connectivity index (χ1) is 17.0. The second-order valence-electron chi connectivity index (χ2n) is 8.86. The van der Waals surface area contributed by atoms with E-state index < -0.39 is 36.5 Å². The molecule has 0 atom stereocenters. The first-order valence-corrected chi connectivity index (χ1v) is 12.7. The molecule has 3 heterocycles. The lowest BCUT2D eigenvalue weighted by molar-refractivity contribution is -0.136. The Labute approximate surface area is 213 Å². The molecule has 3 aromatic rings. The monoisotopic (exact) mass is 543 g/mol. The van der Waals surface area contributed by atoms with Crippen molar-refractivity contribution in [1.82, 2.24) is 14.0 Å². The van der Waals surface area contributed by atoms with Gasteiger partial charge in [-0.15, -0.1) is 11.3 Å². The largest absolute Gasteiger partial charge is 0.393 e. The van der Waals surface area contributed by atoms with Crippen molar-refractivity contribution in [3.8, 4) is 0 Å². The van der Waals surface area contributed by atoms with Crippen LogP contribution in [0.4, 0.5) is 13.2 Å². The second-order valence-corrected chi connectivity index (χ2v) is 10.3. The molecule has 1 amide bonds. The standard InChI is InChI=1S/C24H25ClF3N3O4S/c1-14-18-20(33)30(12-6-15-4-2-3-5-17(15)25)23(35)31(13-9-24(26,27)28)22(18)36-19(14)21(34)29-10-7-16(32)8-11-29/h2-5,16,32H,6-13H2,1H3. The molecule has 7 nitrogen and oxygen atoms in total. The van der Waals surface area contributed by atoms with Gasteiger partial charge in [-0.3, -0.25) is 18.7 Å². The molecule has 0 saturated carbocycles. The lowest BCUT2D eigenvalue weighted by Gasteiger charge is -2.29. The molecule has 0 spiro atoms. The summed E-state index contributed by atoms with van der Waals surface area (Å²) in [7, 11) is 0. The Morgan fingerprint density at radius 1 is 1.14 bits per heavy atom. The summed E-state index contributed by atoms with van der Waals surface area (Å²) in [4.78, 5) is 41.7. The number of nitrogens with zero attached hydrogens (tertiary/aromatic N) is 3. The topological polar surface area (TPSA) is 84.5 Å².